The van der Waals surface area contributed by atoms with Crippen molar-refractivity contribution in [3.63, 3.8) is 0 Å². The molecule has 1 aliphatic heterocycles. The van der Waals surface area contributed by atoms with Gasteiger partial charge in [-0.1, -0.05) is 24.3 Å². The molecular weight excluding hydrogens is 263 g/mol. The van der Waals surface area contributed by atoms with E-state index in [-0.39, 0.29) is 17.8 Å². The maximum Gasteiger partial charge on any atom is 0.129 e. The van der Waals surface area contributed by atoms with E-state index in [1.165, 1.54) is 24.3 Å². The van der Waals surface area contributed by atoms with Crippen LogP contribution in [-0.2, 0) is 11.8 Å². The summed E-state index contributed by atoms with van der Waals surface area (Å²) < 4.78 is 41.6. The van der Waals surface area contributed by atoms with Crippen LogP contribution >= 0.6 is 0 Å². The van der Waals surface area contributed by atoms with Crippen LogP contribution in [-0.4, -0.2) is 13.1 Å². The van der Waals surface area contributed by atoms with Gasteiger partial charge in [-0.05, 0) is 30.2 Å². The van der Waals surface area contributed by atoms with E-state index >= 15 is 0 Å². The Kier molecular flexibility index (Phi) is 3.26. The lowest BCUT2D eigenvalue weighted by Crippen LogP contribution is -2.58. The van der Waals surface area contributed by atoms with Crippen LogP contribution < -0.4 is 5.32 Å². The number of halogens is 3. The number of nitrogens with one attached hydrogen (secondary N) is 1. The molecule has 1 aliphatic rings. The molecular formula is C16H14F3N. The third-order valence-electron chi connectivity index (χ3n) is 3.95. The SMILES string of the molecule is Fc1ccccc1C1(Cc2c(F)cccc2F)CNC1. The van der Waals surface area contributed by atoms with E-state index in [4.69, 9.17) is 0 Å². The van der Waals surface area contributed by atoms with Gasteiger partial charge in [0.05, 0.1) is 0 Å². The first-order valence-corrected chi connectivity index (χ1v) is 6.51. The topological polar surface area (TPSA) is 12.0 Å². The van der Waals surface area contributed by atoms with Gasteiger partial charge in [-0.2, -0.15) is 0 Å². The van der Waals surface area contributed by atoms with Gasteiger partial charge in [0.2, 0.25) is 0 Å². The van der Waals surface area contributed by atoms with Crippen LogP contribution in [0.1, 0.15) is 11.1 Å². The molecule has 2 aromatic carbocycles. The Hall–Kier alpha value is -1.81. The molecule has 1 fully saturated rings. The Morgan fingerprint density at radius 3 is 2.00 bits per heavy atom. The van der Waals surface area contributed by atoms with Crippen molar-refractivity contribution >= 4 is 0 Å². The first-order chi connectivity index (χ1) is 9.62. The van der Waals surface area contributed by atoms with Gasteiger partial charge in [-0.15, -0.1) is 0 Å². The van der Waals surface area contributed by atoms with E-state index in [9.17, 15) is 13.2 Å². The highest BCUT2D eigenvalue weighted by Gasteiger charge is 2.41. The summed E-state index contributed by atoms with van der Waals surface area (Å²) in [5.41, 5.74) is -0.0346. The maximum atomic E-state index is 14.0. The highest BCUT2D eigenvalue weighted by atomic mass is 19.1. The number of rotatable bonds is 3. The molecule has 0 aliphatic carbocycles. The Morgan fingerprint density at radius 1 is 0.850 bits per heavy atom. The molecule has 1 heterocycles. The standard InChI is InChI=1S/C16H14F3N/c17-13-6-3-7-14(18)11(13)8-16(9-20-10-16)12-4-1-2-5-15(12)19/h1-7,20H,8-10H2. The number of hydrogen-bond acceptors (Lipinski definition) is 1. The lowest BCUT2D eigenvalue weighted by atomic mass is 9.70. The second kappa shape index (κ2) is 4.94. The van der Waals surface area contributed by atoms with E-state index in [1.807, 2.05) is 0 Å². The van der Waals surface area contributed by atoms with Crippen LogP contribution in [0.3, 0.4) is 0 Å². The molecule has 1 N–H and O–H groups in total. The lowest BCUT2D eigenvalue weighted by Gasteiger charge is -2.43. The monoisotopic (exact) mass is 277 g/mol. The lowest BCUT2D eigenvalue weighted by molar-refractivity contribution is 0.260. The highest BCUT2D eigenvalue weighted by Crippen LogP contribution is 2.35. The molecule has 0 atom stereocenters. The van der Waals surface area contributed by atoms with Gasteiger partial charge in [0.15, 0.2) is 0 Å². The minimum atomic E-state index is -0.576. The van der Waals surface area contributed by atoms with Crippen LogP contribution in [0.15, 0.2) is 42.5 Å². The molecule has 0 spiro atoms. The zero-order valence-corrected chi connectivity index (χ0v) is 10.8. The van der Waals surface area contributed by atoms with Crippen molar-refractivity contribution in [2.75, 3.05) is 13.1 Å². The smallest absolute Gasteiger partial charge is 0.129 e. The summed E-state index contributed by atoms with van der Waals surface area (Å²) >= 11 is 0. The Morgan fingerprint density at radius 2 is 1.45 bits per heavy atom. The predicted octanol–water partition coefficient (Wildman–Crippen LogP) is 3.19. The Labute approximate surface area is 115 Å². The van der Waals surface area contributed by atoms with Crippen molar-refractivity contribution in [2.24, 2.45) is 0 Å². The summed E-state index contributed by atoms with van der Waals surface area (Å²) in [6.45, 7) is 1.03. The van der Waals surface area contributed by atoms with Crippen molar-refractivity contribution in [3.05, 3.63) is 71.0 Å². The third-order valence-corrected chi connectivity index (χ3v) is 3.95. The first-order valence-electron chi connectivity index (χ1n) is 6.51. The van der Waals surface area contributed by atoms with Crippen LogP contribution in [0, 0.1) is 17.5 Å². The van der Waals surface area contributed by atoms with Gasteiger partial charge in [0, 0.05) is 24.1 Å². The average Bonchev–Trinajstić information content (AvgIpc) is 2.38. The summed E-state index contributed by atoms with van der Waals surface area (Å²) in [7, 11) is 0. The minimum absolute atomic E-state index is 0.0252. The van der Waals surface area contributed by atoms with Crippen molar-refractivity contribution in [1.29, 1.82) is 0 Å². The van der Waals surface area contributed by atoms with Crippen LogP contribution in [0.2, 0.25) is 0 Å². The van der Waals surface area contributed by atoms with Crippen molar-refractivity contribution < 1.29 is 13.2 Å². The van der Waals surface area contributed by atoms with E-state index in [2.05, 4.69) is 5.32 Å². The van der Waals surface area contributed by atoms with Gasteiger partial charge in [0.1, 0.15) is 17.5 Å². The van der Waals surface area contributed by atoms with Gasteiger partial charge in [-0.25, -0.2) is 13.2 Å². The second-order valence-corrected chi connectivity index (χ2v) is 5.24. The molecule has 20 heavy (non-hydrogen) atoms. The van der Waals surface area contributed by atoms with Crippen molar-refractivity contribution in [2.45, 2.75) is 11.8 Å². The molecule has 0 bridgehead atoms. The molecule has 0 radical (unpaired) electrons. The fraction of sp³-hybridized carbons (Fsp3) is 0.250. The Bertz CT molecular complexity index is 615. The first kappa shape index (κ1) is 13.2. The summed E-state index contributed by atoms with van der Waals surface area (Å²) in [4.78, 5) is 0. The normalized spacial score (nSPS) is 16.8. The molecule has 0 unspecified atom stereocenters. The zero-order chi connectivity index (χ0) is 14.2. The third kappa shape index (κ3) is 2.10. The zero-order valence-electron chi connectivity index (χ0n) is 10.8. The molecule has 0 aromatic heterocycles. The predicted molar refractivity (Wildman–Crippen MR) is 71.0 cm³/mol. The van der Waals surface area contributed by atoms with Gasteiger partial charge < -0.3 is 5.32 Å². The molecule has 0 saturated carbocycles. The summed E-state index contributed by atoms with van der Waals surface area (Å²) in [6, 6.07) is 10.2. The van der Waals surface area contributed by atoms with E-state index in [0.717, 1.165) is 0 Å². The van der Waals surface area contributed by atoms with Crippen molar-refractivity contribution in [3.8, 4) is 0 Å². The molecule has 0 amide bonds. The average molecular weight is 277 g/mol. The number of benzene rings is 2. The quantitative estimate of drug-likeness (QED) is 0.908. The second-order valence-electron chi connectivity index (χ2n) is 5.24. The molecule has 3 rings (SSSR count). The largest absolute Gasteiger partial charge is 0.315 e. The van der Waals surface area contributed by atoms with Gasteiger partial charge in [0.25, 0.3) is 0 Å². The molecule has 4 heteroatoms. The van der Waals surface area contributed by atoms with Gasteiger partial charge >= 0.3 is 0 Å². The Balaban J connectivity index is 2.01. The molecule has 1 saturated heterocycles. The molecule has 104 valence electrons. The summed E-state index contributed by atoms with van der Waals surface area (Å²) in [5, 5.41) is 3.08. The van der Waals surface area contributed by atoms with E-state index in [0.29, 0.717) is 18.7 Å². The van der Waals surface area contributed by atoms with E-state index < -0.39 is 17.0 Å². The molecule has 1 nitrogen and oxygen atoms in total. The number of hydrogen-bond donors (Lipinski definition) is 1. The molecule has 2 aromatic rings. The van der Waals surface area contributed by atoms with Crippen molar-refractivity contribution in [1.82, 2.24) is 5.32 Å². The van der Waals surface area contributed by atoms with Crippen LogP contribution in [0.5, 0.6) is 0 Å². The van der Waals surface area contributed by atoms with Crippen LogP contribution in [0.4, 0.5) is 13.2 Å². The summed E-state index contributed by atoms with van der Waals surface area (Å²) in [5.74, 6) is -1.48. The highest BCUT2D eigenvalue weighted by molar-refractivity contribution is 5.35. The van der Waals surface area contributed by atoms with Crippen LogP contribution in [0.25, 0.3) is 0 Å². The van der Waals surface area contributed by atoms with E-state index in [1.54, 1.807) is 18.2 Å². The van der Waals surface area contributed by atoms with Gasteiger partial charge in [-0.3, -0.25) is 0 Å². The fourth-order valence-electron chi connectivity index (χ4n) is 2.77. The minimum Gasteiger partial charge on any atom is -0.315 e. The maximum absolute atomic E-state index is 14.0. The fourth-order valence-corrected chi connectivity index (χ4v) is 2.77. The summed E-state index contributed by atoms with van der Waals surface area (Å²) in [6.07, 6.45) is 0.152.